The summed E-state index contributed by atoms with van der Waals surface area (Å²) in [4.78, 5) is 31.7. The maximum atomic E-state index is 13.2. The molecule has 0 saturated carbocycles. The average Bonchev–Trinajstić information content (AvgIpc) is 3.46. The van der Waals surface area contributed by atoms with Gasteiger partial charge in [0.1, 0.15) is 11.6 Å². The fourth-order valence-corrected chi connectivity index (χ4v) is 5.83. The summed E-state index contributed by atoms with van der Waals surface area (Å²) in [7, 11) is 0. The maximum Gasteiger partial charge on any atom is 0.301 e. The first-order valence-electron chi connectivity index (χ1n) is 10.6. The van der Waals surface area contributed by atoms with Gasteiger partial charge in [0.05, 0.1) is 11.6 Å². The molecule has 1 amide bonds. The molecule has 1 N–H and O–H groups in total. The third kappa shape index (κ3) is 4.81. The largest absolute Gasteiger partial charge is 0.507 e. The fraction of sp³-hybridized carbons (Fsp3) is 0.0800. The van der Waals surface area contributed by atoms with Gasteiger partial charge in [0.2, 0.25) is 5.13 Å². The number of aromatic nitrogens is 3. The molecule has 2 aromatic heterocycles. The Morgan fingerprint density at radius 1 is 1.03 bits per heavy atom. The van der Waals surface area contributed by atoms with Crippen molar-refractivity contribution in [2.75, 3.05) is 4.90 Å². The number of carbonyl (C=O) groups is 2. The molecular weight excluding hydrogens is 567 g/mol. The van der Waals surface area contributed by atoms with E-state index in [4.69, 9.17) is 0 Å². The highest BCUT2D eigenvalue weighted by molar-refractivity contribution is 9.10. The van der Waals surface area contributed by atoms with Crippen LogP contribution in [0.5, 0.6) is 0 Å². The van der Waals surface area contributed by atoms with Crippen LogP contribution in [-0.2, 0) is 15.3 Å². The van der Waals surface area contributed by atoms with Gasteiger partial charge >= 0.3 is 5.91 Å². The molecule has 5 rings (SSSR count). The first-order chi connectivity index (χ1) is 17.4. The standard InChI is InChI=1S/C25H16BrFN4O3S2/c26-17-5-3-16(4-6-17)21(32)19-20(15-9-11-28-12-10-15)31(23(34)22(19)33)24-29-30-25(36-24)35-13-14-1-7-18(27)8-2-14/h1-12,20,32H,13H2/b21-19-. The molecule has 11 heteroatoms. The molecule has 180 valence electrons. The number of rotatable bonds is 6. The molecule has 2 aromatic carbocycles. The van der Waals surface area contributed by atoms with Crippen molar-refractivity contribution in [1.29, 1.82) is 0 Å². The van der Waals surface area contributed by atoms with Gasteiger partial charge in [-0.25, -0.2) is 4.39 Å². The van der Waals surface area contributed by atoms with Crippen molar-refractivity contribution in [3.63, 3.8) is 0 Å². The normalized spacial score (nSPS) is 17.1. The quantitative estimate of drug-likeness (QED) is 0.102. The summed E-state index contributed by atoms with van der Waals surface area (Å²) in [6.45, 7) is 0. The van der Waals surface area contributed by atoms with E-state index in [0.29, 0.717) is 21.2 Å². The van der Waals surface area contributed by atoms with Crippen molar-refractivity contribution in [3.8, 4) is 0 Å². The highest BCUT2D eigenvalue weighted by Gasteiger charge is 2.48. The predicted octanol–water partition coefficient (Wildman–Crippen LogP) is 5.75. The van der Waals surface area contributed by atoms with Gasteiger partial charge in [-0.3, -0.25) is 19.5 Å². The van der Waals surface area contributed by atoms with Crippen LogP contribution in [0.1, 0.15) is 22.7 Å². The number of thioether (sulfide) groups is 1. The summed E-state index contributed by atoms with van der Waals surface area (Å²) < 4.78 is 14.6. The van der Waals surface area contributed by atoms with Crippen LogP contribution in [0.4, 0.5) is 9.52 Å². The van der Waals surface area contributed by atoms with Gasteiger partial charge in [-0.2, -0.15) is 0 Å². The van der Waals surface area contributed by atoms with Crippen molar-refractivity contribution in [1.82, 2.24) is 15.2 Å². The molecule has 0 radical (unpaired) electrons. The Morgan fingerprint density at radius 3 is 2.42 bits per heavy atom. The van der Waals surface area contributed by atoms with Crippen molar-refractivity contribution in [2.45, 2.75) is 16.1 Å². The van der Waals surface area contributed by atoms with Crippen LogP contribution in [0.2, 0.25) is 0 Å². The van der Waals surface area contributed by atoms with E-state index in [-0.39, 0.29) is 22.3 Å². The summed E-state index contributed by atoms with van der Waals surface area (Å²) in [6, 6.07) is 15.4. The van der Waals surface area contributed by atoms with Crippen LogP contribution in [0.3, 0.4) is 0 Å². The molecule has 1 fully saturated rings. The van der Waals surface area contributed by atoms with Crippen LogP contribution >= 0.6 is 39.0 Å². The summed E-state index contributed by atoms with van der Waals surface area (Å²) in [6.07, 6.45) is 3.11. The van der Waals surface area contributed by atoms with Gasteiger partial charge in [-0.05, 0) is 47.5 Å². The molecule has 7 nitrogen and oxygen atoms in total. The Labute approximate surface area is 221 Å². The Bertz CT molecular complexity index is 1460. The highest BCUT2D eigenvalue weighted by Crippen LogP contribution is 2.44. The minimum atomic E-state index is -0.903. The van der Waals surface area contributed by atoms with Gasteiger partial charge in [-0.15, -0.1) is 10.2 Å². The zero-order valence-electron chi connectivity index (χ0n) is 18.3. The zero-order valence-corrected chi connectivity index (χ0v) is 21.6. The second-order valence-electron chi connectivity index (χ2n) is 7.72. The van der Waals surface area contributed by atoms with Gasteiger partial charge in [0, 0.05) is 28.2 Å². The number of aliphatic hydroxyl groups is 1. The van der Waals surface area contributed by atoms with E-state index in [1.165, 1.54) is 28.8 Å². The van der Waals surface area contributed by atoms with Crippen LogP contribution in [0, 0.1) is 5.82 Å². The molecule has 0 bridgehead atoms. The first-order valence-corrected chi connectivity index (χ1v) is 13.2. The van der Waals surface area contributed by atoms with Crippen LogP contribution in [-0.4, -0.2) is 32.0 Å². The lowest BCUT2D eigenvalue weighted by molar-refractivity contribution is -0.132. The first kappa shape index (κ1) is 24.3. The van der Waals surface area contributed by atoms with E-state index >= 15 is 0 Å². The number of carbonyl (C=O) groups excluding carboxylic acids is 2. The lowest BCUT2D eigenvalue weighted by Crippen LogP contribution is -2.29. The second kappa shape index (κ2) is 10.3. The summed E-state index contributed by atoms with van der Waals surface area (Å²) in [5.74, 6) is -1.67. The number of amides is 1. The molecule has 1 aliphatic heterocycles. The molecule has 36 heavy (non-hydrogen) atoms. The molecule has 3 heterocycles. The second-order valence-corrected chi connectivity index (χ2v) is 10.8. The number of nitrogens with zero attached hydrogens (tertiary/aromatic N) is 4. The number of pyridine rings is 1. The van der Waals surface area contributed by atoms with Crippen molar-refractivity contribution < 1.29 is 19.1 Å². The number of benzene rings is 2. The van der Waals surface area contributed by atoms with E-state index in [0.717, 1.165) is 21.4 Å². The van der Waals surface area contributed by atoms with Crippen LogP contribution < -0.4 is 4.90 Å². The summed E-state index contributed by atoms with van der Waals surface area (Å²) in [5, 5.41) is 19.7. The molecule has 1 aliphatic rings. The SMILES string of the molecule is O=C1C(=O)N(c2nnc(SCc3ccc(F)cc3)s2)C(c2ccncc2)/C1=C(/O)c1ccc(Br)cc1. The third-order valence-electron chi connectivity index (χ3n) is 5.46. The van der Waals surface area contributed by atoms with Gasteiger partial charge < -0.3 is 5.11 Å². The Kier molecular flexibility index (Phi) is 6.95. The van der Waals surface area contributed by atoms with Crippen molar-refractivity contribution >= 4 is 61.6 Å². The van der Waals surface area contributed by atoms with Crippen molar-refractivity contribution in [3.05, 3.63) is 106 Å². The van der Waals surface area contributed by atoms with E-state index in [1.54, 1.807) is 60.9 Å². The lowest BCUT2D eigenvalue weighted by atomic mass is 9.96. The molecule has 0 spiro atoms. The molecule has 1 atom stereocenters. The Morgan fingerprint density at radius 2 is 1.72 bits per heavy atom. The number of aliphatic hydroxyl groups excluding tert-OH is 1. The molecule has 1 saturated heterocycles. The minimum Gasteiger partial charge on any atom is -0.507 e. The molecule has 0 aliphatic carbocycles. The van der Waals surface area contributed by atoms with Crippen LogP contribution in [0.15, 0.2) is 87.4 Å². The van der Waals surface area contributed by atoms with Gasteiger partial charge in [0.25, 0.3) is 5.78 Å². The van der Waals surface area contributed by atoms with Crippen molar-refractivity contribution in [2.24, 2.45) is 0 Å². The number of hydrogen-bond donors (Lipinski definition) is 1. The van der Waals surface area contributed by atoms with Gasteiger partial charge in [-0.1, -0.05) is 63.3 Å². The fourth-order valence-electron chi connectivity index (χ4n) is 3.74. The minimum absolute atomic E-state index is 0.0377. The van der Waals surface area contributed by atoms with E-state index in [2.05, 4.69) is 31.1 Å². The van der Waals surface area contributed by atoms with Gasteiger partial charge in [0.15, 0.2) is 4.34 Å². The monoisotopic (exact) mass is 582 g/mol. The smallest absolute Gasteiger partial charge is 0.301 e. The zero-order chi connectivity index (χ0) is 25.2. The highest BCUT2D eigenvalue weighted by atomic mass is 79.9. The summed E-state index contributed by atoms with van der Waals surface area (Å²) >= 11 is 5.90. The Hall–Kier alpha value is -3.41. The Balaban J connectivity index is 1.51. The topological polar surface area (TPSA) is 96.3 Å². The number of Topliss-reactive ketones (excluding diaryl/α,β-unsaturated/α-hetero) is 1. The maximum absolute atomic E-state index is 13.2. The number of hydrogen-bond acceptors (Lipinski definition) is 8. The molecular formula is C25H16BrFN4O3S2. The van der Waals surface area contributed by atoms with E-state index in [1.807, 2.05) is 0 Å². The molecule has 1 unspecified atom stereocenters. The lowest BCUT2D eigenvalue weighted by Gasteiger charge is -2.22. The number of ketones is 1. The average molecular weight is 583 g/mol. The predicted molar refractivity (Wildman–Crippen MR) is 139 cm³/mol. The van der Waals surface area contributed by atoms with E-state index in [9.17, 15) is 19.1 Å². The third-order valence-corrected chi connectivity index (χ3v) is 8.12. The van der Waals surface area contributed by atoms with Crippen LogP contribution in [0.25, 0.3) is 5.76 Å². The number of halogens is 2. The molecule has 4 aromatic rings. The summed E-state index contributed by atoms with van der Waals surface area (Å²) in [5.41, 5.74) is 1.87. The van der Waals surface area contributed by atoms with E-state index < -0.39 is 17.7 Å². The number of anilines is 1.